The van der Waals surface area contributed by atoms with Crippen LogP contribution in [0.3, 0.4) is 0 Å². The van der Waals surface area contributed by atoms with Crippen LogP contribution in [0, 0.1) is 0 Å². The predicted octanol–water partition coefficient (Wildman–Crippen LogP) is 4.10. The lowest BCUT2D eigenvalue weighted by Crippen LogP contribution is -2.15. The van der Waals surface area contributed by atoms with Crippen molar-refractivity contribution in [1.29, 1.82) is 0 Å². The lowest BCUT2D eigenvalue weighted by atomic mass is 10.1. The molecule has 108 valence electrons. The first kappa shape index (κ1) is 15.8. The van der Waals surface area contributed by atoms with Crippen molar-refractivity contribution in [2.75, 3.05) is 5.32 Å². The third-order valence-electron chi connectivity index (χ3n) is 2.49. The van der Waals surface area contributed by atoms with E-state index in [1.807, 2.05) is 0 Å². The van der Waals surface area contributed by atoms with Gasteiger partial charge in [-0.1, -0.05) is 39.1 Å². The Morgan fingerprint density at radius 1 is 1.14 bits per heavy atom. The monoisotopic (exact) mass is 388 g/mol. The minimum absolute atomic E-state index is 0.0298. The van der Waals surface area contributed by atoms with Gasteiger partial charge in [-0.25, -0.2) is 9.78 Å². The van der Waals surface area contributed by atoms with Crippen LogP contribution in [0.25, 0.3) is 0 Å². The van der Waals surface area contributed by atoms with E-state index in [9.17, 15) is 9.59 Å². The number of carbonyl (C=O) groups is 2. The number of nitrogens with zero attached hydrogens (tertiary/aromatic N) is 1. The van der Waals surface area contributed by atoms with Gasteiger partial charge in [-0.05, 0) is 30.3 Å². The van der Waals surface area contributed by atoms with E-state index >= 15 is 0 Å². The van der Waals surface area contributed by atoms with E-state index in [-0.39, 0.29) is 27.1 Å². The van der Waals surface area contributed by atoms with Gasteiger partial charge in [0.2, 0.25) is 0 Å². The van der Waals surface area contributed by atoms with Crippen molar-refractivity contribution >= 4 is 56.7 Å². The molecule has 5 nitrogen and oxygen atoms in total. The number of hydrogen-bond donors (Lipinski definition) is 2. The molecule has 0 radical (unpaired) electrons. The molecule has 1 aromatic heterocycles. The van der Waals surface area contributed by atoms with Crippen molar-refractivity contribution in [3.63, 3.8) is 0 Å². The number of anilines is 1. The molecule has 1 amide bonds. The Labute approximate surface area is 138 Å². The largest absolute Gasteiger partial charge is 0.478 e. The fourth-order valence-corrected chi connectivity index (χ4v) is 2.42. The number of pyridine rings is 1. The van der Waals surface area contributed by atoms with Crippen LogP contribution in [0.5, 0.6) is 0 Å². The van der Waals surface area contributed by atoms with Crippen molar-refractivity contribution in [3.05, 3.63) is 56.2 Å². The van der Waals surface area contributed by atoms with Gasteiger partial charge in [-0.2, -0.15) is 0 Å². The second kappa shape index (κ2) is 6.43. The number of aromatic nitrogens is 1. The van der Waals surface area contributed by atoms with Crippen LogP contribution in [0.15, 0.2) is 34.8 Å². The highest BCUT2D eigenvalue weighted by atomic mass is 79.9. The molecule has 0 bridgehead atoms. The van der Waals surface area contributed by atoms with Gasteiger partial charge in [0, 0.05) is 10.0 Å². The highest BCUT2D eigenvalue weighted by Gasteiger charge is 2.15. The highest BCUT2D eigenvalue weighted by Crippen LogP contribution is 2.23. The number of rotatable bonds is 3. The molecule has 0 fully saturated rings. The number of nitrogens with one attached hydrogen (secondary N) is 1. The third kappa shape index (κ3) is 3.93. The first-order valence-corrected chi connectivity index (χ1v) is 7.09. The van der Waals surface area contributed by atoms with Crippen LogP contribution in [-0.4, -0.2) is 22.0 Å². The van der Waals surface area contributed by atoms with E-state index < -0.39 is 11.9 Å². The van der Waals surface area contributed by atoms with Gasteiger partial charge in [-0.15, -0.1) is 0 Å². The zero-order valence-electron chi connectivity index (χ0n) is 10.2. The van der Waals surface area contributed by atoms with Gasteiger partial charge < -0.3 is 10.4 Å². The number of carboxylic acids is 1. The Balaban J connectivity index is 2.35. The van der Waals surface area contributed by atoms with Gasteiger partial charge in [0.25, 0.3) is 5.91 Å². The van der Waals surface area contributed by atoms with Crippen LogP contribution < -0.4 is 5.32 Å². The van der Waals surface area contributed by atoms with Crippen LogP contribution in [0.2, 0.25) is 10.3 Å². The van der Waals surface area contributed by atoms with E-state index in [2.05, 4.69) is 26.2 Å². The van der Waals surface area contributed by atoms with Gasteiger partial charge in [0.05, 0.1) is 11.3 Å². The fourth-order valence-electron chi connectivity index (χ4n) is 1.60. The van der Waals surface area contributed by atoms with Crippen LogP contribution in [0.4, 0.5) is 5.69 Å². The molecule has 0 unspecified atom stereocenters. The van der Waals surface area contributed by atoms with Gasteiger partial charge in [0.15, 0.2) is 0 Å². The molecule has 0 aliphatic heterocycles. The van der Waals surface area contributed by atoms with Crippen LogP contribution in [-0.2, 0) is 0 Å². The molecule has 0 saturated heterocycles. The number of carbonyl (C=O) groups excluding carboxylic acids is 1. The molecule has 0 atom stereocenters. The molecular weight excluding hydrogens is 383 g/mol. The minimum Gasteiger partial charge on any atom is -0.478 e. The van der Waals surface area contributed by atoms with E-state index in [0.29, 0.717) is 4.47 Å². The molecule has 0 aliphatic carbocycles. The summed E-state index contributed by atoms with van der Waals surface area (Å²) in [7, 11) is 0. The quantitative estimate of drug-likeness (QED) is 0.774. The Bertz CT molecular complexity index is 717. The standard InChI is InChI=1S/C13H7BrCl2N2O3/c14-7-1-2-8(13(20)21)9(5-7)17-12(19)6-3-10(15)18-11(16)4-6/h1-5H,(H,17,19)(H,20,21). The molecule has 2 aromatic rings. The maximum Gasteiger partial charge on any atom is 0.337 e. The highest BCUT2D eigenvalue weighted by molar-refractivity contribution is 9.10. The first-order valence-electron chi connectivity index (χ1n) is 5.54. The summed E-state index contributed by atoms with van der Waals surface area (Å²) in [6, 6.07) is 7.11. The Kier molecular flexibility index (Phi) is 4.82. The van der Waals surface area contributed by atoms with Gasteiger partial charge in [0.1, 0.15) is 10.3 Å². The number of amides is 1. The molecule has 8 heteroatoms. The van der Waals surface area contributed by atoms with Crippen LogP contribution >= 0.6 is 39.1 Å². The minimum atomic E-state index is -1.15. The average molecular weight is 390 g/mol. The summed E-state index contributed by atoms with van der Waals surface area (Å²) in [5.74, 6) is -1.69. The van der Waals surface area contributed by atoms with E-state index in [1.54, 1.807) is 6.07 Å². The smallest absolute Gasteiger partial charge is 0.337 e. The molecule has 2 N–H and O–H groups in total. The summed E-state index contributed by atoms with van der Waals surface area (Å²) in [5, 5.41) is 11.8. The average Bonchev–Trinajstić information content (AvgIpc) is 2.37. The van der Waals surface area contributed by atoms with E-state index in [4.69, 9.17) is 28.3 Å². The summed E-state index contributed by atoms with van der Waals surface area (Å²) >= 11 is 14.7. The molecule has 0 aliphatic rings. The van der Waals surface area contributed by atoms with Gasteiger partial charge >= 0.3 is 5.97 Å². The van der Waals surface area contributed by atoms with Crippen molar-refractivity contribution in [2.24, 2.45) is 0 Å². The lowest BCUT2D eigenvalue weighted by Gasteiger charge is -2.09. The van der Waals surface area contributed by atoms with Gasteiger partial charge in [-0.3, -0.25) is 4.79 Å². The summed E-state index contributed by atoms with van der Waals surface area (Å²) in [5.41, 5.74) is 0.306. The molecule has 1 aromatic carbocycles. The van der Waals surface area contributed by atoms with E-state index in [0.717, 1.165) is 0 Å². The first-order chi connectivity index (χ1) is 9.86. The zero-order chi connectivity index (χ0) is 15.6. The molecule has 21 heavy (non-hydrogen) atoms. The molecule has 0 spiro atoms. The molecule has 0 saturated carbocycles. The fraction of sp³-hybridized carbons (Fsp3) is 0. The van der Waals surface area contributed by atoms with Crippen molar-refractivity contribution in [3.8, 4) is 0 Å². The van der Waals surface area contributed by atoms with E-state index in [1.165, 1.54) is 24.3 Å². The number of benzene rings is 1. The normalized spacial score (nSPS) is 10.2. The third-order valence-corrected chi connectivity index (χ3v) is 3.37. The van der Waals surface area contributed by atoms with Crippen molar-refractivity contribution in [1.82, 2.24) is 4.98 Å². The van der Waals surface area contributed by atoms with Crippen molar-refractivity contribution < 1.29 is 14.7 Å². The summed E-state index contributed by atoms with van der Waals surface area (Å²) < 4.78 is 0.633. The number of halogens is 3. The summed E-state index contributed by atoms with van der Waals surface area (Å²) in [4.78, 5) is 27.0. The summed E-state index contributed by atoms with van der Waals surface area (Å²) in [6.45, 7) is 0. The Morgan fingerprint density at radius 3 is 2.33 bits per heavy atom. The maximum atomic E-state index is 12.1. The van der Waals surface area contributed by atoms with Crippen LogP contribution in [0.1, 0.15) is 20.7 Å². The number of aromatic carboxylic acids is 1. The van der Waals surface area contributed by atoms with Crippen molar-refractivity contribution in [2.45, 2.75) is 0 Å². The second-order valence-corrected chi connectivity index (χ2v) is 5.64. The SMILES string of the molecule is O=C(Nc1cc(Br)ccc1C(=O)O)c1cc(Cl)nc(Cl)c1. The number of hydrogen-bond acceptors (Lipinski definition) is 3. The maximum absolute atomic E-state index is 12.1. The second-order valence-electron chi connectivity index (χ2n) is 3.95. The molecule has 1 heterocycles. The number of carboxylic acid groups (broad SMARTS) is 1. The Hall–Kier alpha value is -1.63. The predicted molar refractivity (Wildman–Crippen MR) is 83.3 cm³/mol. The molecule has 2 rings (SSSR count). The lowest BCUT2D eigenvalue weighted by molar-refractivity contribution is 0.0698. The molecular formula is C13H7BrCl2N2O3. The topological polar surface area (TPSA) is 79.3 Å². The Morgan fingerprint density at radius 2 is 1.76 bits per heavy atom. The summed E-state index contributed by atoms with van der Waals surface area (Å²) in [6.07, 6.45) is 0. The zero-order valence-corrected chi connectivity index (χ0v) is 13.3.